The normalized spacial score (nSPS) is 10.4. The van der Waals surface area contributed by atoms with Crippen molar-refractivity contribution in [3.8, 4) is 0 Å². The van der Waals surface area contributed by atoms with Crippen LogP contribution < -0.4 is 10.6 Å². The quantitative estimate of drug-likeness (QED) is 0.624. The van der Waals surface area contributed by atoms with E-state index in [-0.39, 0.29) is 6.61 Å². The van der Waals surface area contributed by atoms with Gasteiger partial charge in [-0.25, -0.2) is 0 Å². The Morgan fingerprint density at radius 1 is 1.31 bits per heavy atom. The summed E-state index contributed by atoms with van der Waals surface area (Å²) < 4.78 is 1.03. The van der Waals surface area contributed by atoms with Gasteiger partial charge in [0.15, 0.2) is 0 Å². The largest absolute Gasteiger partial charge is 0.399 e. The molecule has 0 saturated heterocycles. The maximum Gasteiger partial charge on any atom is 0.0509 e. The van der Waals surface area contributed by atoms with E-state index in [1.54, 1.807) is 0 Å². The van der Waals surface area contributed by atoms with Crippen LogP contribution >= 0.6 is 15.9 Å². The molecule has 0 aromatic heterocycles. The number of hydrogen-bond acceptors (Lipinski definition) is 3. The van der Waals surface area contributed by atoms with Gasteiger partial charge >= 0.3 is 0 Å². The summed E-state index contributed by atoms with van der Waals surface area (Å²) in [6.07, 6.45) is 3.04. The maximum atomic E-state index is 8.69. The number of rotatable bonds is 6. The number of aliphatic hydroxyl groups is 1. The van der Waals surface area contributed by atoms with Crippen molar-refractivity contribution >= 4 is 27.3 Å². The Labute approximate surface area is 105 Å². The maximum absolute atomic E-state index is 8.69. The Bertz CT molecular complexity index is 331. The summed E-state index contributed by atoms with van der Waals surface area (Å²) in [6, 6.07) is 5.84. The molecule has 1 aromatic rings. The minimum Gasteiger partial charge on any atom is -0.399 e. The third-order valence-corrected chi connectivity index (χ3v) is 3.17. The van der Waals surface area contributed by atoms with Crippen LogP contribution in [0.1, 0.15) is 19.3 Å². The van der Waals surface area contributed by atoms with Crippen molar-refractivity contribution in [2.45, 2.75) is 19.3 Å². The van der Waals surface area contributed by atoms with Crippen LogP contribution in [0.15, 0.2) is 22.7 Å². The average molecular weight is 287 g/mol. The molecule has 4 heteroatoms. The van der Waals surface area contributed by atoms with E-state index in [2.05, 4.69) is 27.9 Å². The zero-order valence-electron chi connectivity index (χ0n) is 9.62. The predicted octanol–water partition coefficient (Wildman–Crippen LogP) is 2.63. The van der Waals surface area contributed by atoms with E-state index in [0.29, 0.717) is 0 Å². The van der Waals surface area contributed by atoms with E-state index in [9.17, 15) is 0 Å². The van der Waals surface area contributed by atoms with Crippen molar-refractivity contribution < 1.29 is 5.11 Å². The predicted molar refractivity (Wildman–Crippen MR) is 72.8 cm³/mol. The van der Waals surface area contributed by atoms with E-state index in [1.807, 2.05) is 18.2 Å². The zero-order valence-corrected chi connectivity index (χ0v) is 11.2. The molecule has 16 heavy (non-hydrogen) atoms. The van der Waals surface area contributed by atoms with Gasteiger partial charge in [0, 0.05) is 30.4 Å². The lowest BCUT2D eigenvalue weighted by molar-refractivity contribution is 0.283. The topological polar surface area (TPSA) is 49.5 Å². The first kappa shape index (κ1) is 13.3. The van der Waals surface area contributed by atoms with Crippen LogP contribution in [0.4, 0.5) is 11.4 Å². The lowest BCUT2D eigenvalue weighted by Crippen LogP contribution is -2.19. The van der Waals surface area contributed by atoms with Crippen molar-refractivity contribution in [3.63, 3.8) is 0 Å². The number of nitrogen functional groups attached to an aromatic ring is 1. The van der Waals surface area contributed by atoms with Gasteiger partial charge in [-0.1, -0.05) is 0 Å². The first-order chi connectivity index (χ1) is 7.65. The standard InChI is InChI=1S/C12H19BrN2O/c1-15(7-3-2-4-8-16)12-6-5-10(14)9-11(12)13/h5-6,9,16H,2-4,7-8,14H2,1H3. The highest BCUT2D eigenvalue weighted by molar-refractivity contribution is 9.10. The minimum absolute atomic E-state index is 0.287. The van der Waals surface area contributed by atoms with Crippen LogP contribution in [0.5, 0.6) is 0 Å². The molecule has 0 bridgehead atoms. The highest BCUT2D eigenvalue weighted by atomic mass is 79.9. The first-order valence-corrected chi connectivity index (χ1v) is 6.31. The van der Waals surface area contributed by atoms with Crippen molar-refractivity contribution in [1.29, 1.82) is 0 Å². The van der Waals surface area contributed by atoms with Crippen molar-refractivity contribution in [2.75, 3.05) is 30.8 Å². The molecule has 0 radical (unpaired) electrons. The molecule has 3 nitrogen and oxygen atoms in total. The third-order valence-electron chi connectivity index (χ3n) is 2.53. The van der Waals surface area contributed by atoms with Gasteiger partial charge in [-0.15, -0.1) is 0 Å². The molecular weight excluding hydrogens is 268 g/mol. The third kappa shape index (κ3) is 4.02. The van der Waals surface area contributed by atoms with Crippen molar-refractivity contribution in [3.05, 3.63) is 22.7 Å². The molecule has 0 heterocycles. The Morgan fingerprint density at radius 3 is 2.69 bits per heavy atom. The molecule has 0 saturated carbocycles. The highest BCUT2D eigenvalue weighted by Crippen LogP contribution is 2.27. The average Bonchev–Trinajstić information content (AvgIpc) is 2.24. The van der Waals surface area contributed by atoms with Crippen molar-refractivity contribution in [2.24, 2.45) is 0 Å². The van der Waals surface area contributed by atoms with E-state index in [1.165, 1.54) is 0 Å². The Kier molecular flexibility index (Phi) is 5.63. The molecule has 0 spiro atoms. The minimum atomic E-state index is 0.287. The number of unbranched alkanes of at least 4 members (excludes halogenated alkanes) is 2. The molecule has 0 fully saturated rings. The summed E-state index contributed by atoms with van der Waals surface area (Å²) in [5.41, 5.74) is 7.61. The Balaban J connectivity index is 2.49. The monoisotopic (exact) mass is 286 g/mol. The van der Waals surface area contributed by atoms with E-state index in [4.69, 9.17) is 10.8 Å². The second-order valence-corrected chi connectivity index (χ2v) is 4.77. The molecule has 0 aliphatic rings. The number of halogens is 1. The summed E-state index contributed by atoms with van der Waals surface area (Å²) in [6.45, 7) is 1.28. The van der Waals surface area contributed by atoms with Crippen LogP contribution in [-0.2, 0) is 0 Å². The smallest absolute Gasteiger partial charge is 0.0509 e. The second kappa shape index (κ2) is 6.76. The zero-order chi connectivity index (χ0) is 12.0. The Hall–Kier alpha value is -0.740. The number of anilines is 2. The second-order valence-electron chi connectivity index (χ2n) is 3.92. The van der Waals surface area contributed by atoms with Gasteiger partial charge in [-0.05, 0) is 53.4 Å². The fourth-order valence-electron chi connectivity index (χ4n) is 1.59. The van der Waals surface area contributed by atoms with Crippen LogP contribution in [0.3, 0.4) is 0 Å². The summed E-state index contributed by atoms with van der Waals surface area (Å²) >= 11 is 3.51. The van der Waals surface area contributed by atoms with Crippen molar-refractivity contribution in [1.82, 2.24) is 0 Å². The molecule has 1 rings (SSSR count). The van der Waals surface area contributed by atoms with Gasteiger partial charge in [0.05, 0.1) is 5.69 Å². The number of benzene rings is 1. The Morgan fingerprint density at radius 2 is 2.06 bits per heavy atom. The van der Waals surface area contributed by atoms with E-state index in [0.717, 1.165) is 41.7 Å². The molecule has 0 aliphatic carbocycles. The molecule has 0 unspecified atom stereocenters. The molecule has 1 aromatic carbocycles. The number of aliphatic hydroxyl groups excluding tert-OH is 1. The van der Waals surface area contributed by atoms with Gasteiger partial charge in [0.1, 0.15) is 0 Å². The van der Waals surface area contributed by atoms with Crippen LogP contribution in [0, 0.1) is 0 Å². The van der Waals surface area contributed by atoms with Gasteiger partial charge in [0.25, 0.3) is 0 Å². The summed E-state index contributed by atoms with van der Waals surface area (Å²) in [5.74, 6) is 0. The first-order valence-electron chi connectivity index (χ1n) is 5.52. The molecule has 3 N–H and O–H groups in total. The molecule has 0 atom stereocenters. The van der Waals surface area contributed by atoms with Gasteiger partial charge in [-0.3, -0.25) is 0 Å². The molecular formula is C12H19BrN2O. The fourth-order valence-corrected chi connectivity index (χ4v) is 2.29. The fraction of sp³-hybridized carbons (Fsp3) is 0.500. The summed E-state index contributed by atoms with van der Waals surface area (Å²) in [7, 11) is 2.06. The summed E-state index contributed by atoms with van der Waals surface area (Å²) in [4.78, 5) is 2.20. The van der Waals surface area contributed by atoms with Gasteiger partial charge in [0.2, 0.25) is 0 Å². The van der Waals surface area contributed by atoms with Crippen LogP contribution in [0.25, 0.3) is 0 Å². The van der Waals surface area contributed by atoms with Gasteiger partial charge < -0.3 is 15.7 Å². The lowest BCUT2D eigenvalue weighted by Gasteiger charge is -2.20. The number of nitrogens with two attached hydrogens (primary N) is 1. The summed E-state index contributed by atoms with van der Waals surface area (Å²) in [5, 5.41) is 8.69. The number of hydrogen-bond donors (Lipinski definition) is 2. The van der Waals surface area contributed by atoms with Gasteiger partial charge in [-0.2, -0.15) is 0 Å². The van der Waals surface area contributed by atoms with Crippen LogP contribution in [-0.4, -0.2) is 25.3 Å². The highest BCUT2D eigenvalue weighted by Gasteiger charge is 2.05. The number of nitrogens with zero attached hydrogens (tertiary/aromatic N) is 1. The molecule has 90 valence electrons. The molecule has 0 amide bonds. The van der Waals surface area contributed by atoms with Crippen LogP contribution in [0.2, 0.25) is 0 Å². The molecule has 0 aliphatic heterocycles. The SMILES string of the molecule is CN(CCCCCO)c1ccc(N)cc1Br. The van der Waals surface area contributed by atoms with E-state index >= 15 is 0 Å². The van der Waals surface area contributed by atoms with E-state index < -0.39 is 0 Å². The lowest BCUT2D eigenvalue weighted by atomic mass is 10.2.